The van der Waals surface area contributed by atoms with Gasteiger partial charge in [0, 0.05) is 19.0 Å². The summed E-state index contributed by atoms with van der Waals surface area (Å²) in [4.78, 5) is 14.7. The third-order valence-corrected chi connectivity index (χ3v) is 4.79. The molecule has 108 valence electrons. The summed E-state index contributed by atoms with van der Waals surface area (Å²) >= 11 is 0. The molecule has 0 aliphatic carbocycles. The van der Waals surface area contributed by atoms with Gasteiger partial charge in [-0.15, -0.1) is 0 Å². The van der Waals surface area contributed by atoms with Gasteiger partial charge in [-0.3, -0.25) is 4.79 Å². The molecule has 3 nitrogen and oxygen atoms in total. The molecule has 0 aromatic heterocycles. The Hall–Kier alpha value is -1.35. The number of likely N-dealkylation sites (tertiary alicyclic amines) is 1. The maximum absolute atomic E-state index is 12.7. The van der Waals surface area contributed by atoms with Gasteiger partial charge in [-0.05, 0) is 17.9 Å². The normalized spacial score (nSPS) is 27.1. The fourth-order valence-corrected chi connectivity index (χ4v) is 3.44. The molecule has 2 heterocycles. The van der Waals surface area contributed by atoms with E-state index in [0.717, 1.165) is 13.1 Å². The monoisotopic (exact) mass is 273 g/mol. The Labute approximate surface area is 120 Å². The van der Waals surface area contributed by atoms with E-state index in [2.05, 4.69) is 38.1 Å². The molecular weight excluding hydrogens is 250 g/mol. The molecule has 1 amide bonds. The lowest BCUT2D eigenvalue weighted by Gasteiger charge is -2.39. The van der Waals surface area contributed by atoms with Crippen LogP contribution in [0.25, 0.3) is 0 Å². The summed E-state index contributed by atoms with van der Waals surface area (Å²) < 4.78 is 5.23. The molecule has 0 radical (unpaired) electrons. The number of carbonyl (C=O) groups excluding carboxylic acids is 1. The van der Waals surface area contributed by atoms with E-state index in [1.165, 1.54) is 5.56 Å². The summed E-state index contributed by atoms with van der Waals surface area (Å²) in [6.07, 6.45) is 0. The number of rotatable bonds is 2. The summed E-state index contributed by atoms with van der Waals surface area (Å²) in [7, 11) is 0. The van der Waals surface area contributed by atoms with Crippen LogP contribution in [-0.4, -0.2) is 37.1 Å². The Balaban J connectivity index is 1.80. The van der Waals surface area contributed by atoms with Crippen LogP contribution in [0.4, 0.5) is 0 Å². The highest BCUT2D eigenvalue weighted by atomic mass is 16.5. The van der Waals surface area contributed by atoms with Gasteiger partial charge in [-0.25, -0.2) is 0 Å². The fourth-order valence-electron chi connectivity index (χ4n) is 3.44. The summed E-state index contributed by atoms with van der Waals surface area (Å²) in [6, 6.07) is 10.6. The minimum absolute atomic E-state index is 0.123. The van der Waals surface area contributed by atoms with Crippen LogP contribution in [0.3, 0.4) is 0 Å². The van der Waals surface area contributed by atoms with E-state index < -0.39 is 0 Å². The second kappa shape index (κ2) is 4.59. The molecule has 0 bridgehead atoms. The van der Waals surface area contributed by atoms with Crippen molar-refractivity contribution in [1.82, 2.24) is 4.90 Å². The standard InChI is InChI=1S/C17H23NO2/c1-16(2)10-18(15(19)17(3)11-20-12-17)9-14(16)13-7-5-4-6-8-13/h4-8,14H,9-12H2,1-3H3. The molecule has 0 spiro atoms. The van der Waals surface area contributed by atoms with E-state index in [1.807, 2.05) is 17.9 Å². The molecule has 0 N–H and O–H groups in total. The van der Waals surface area contributed by atoms with Crippen molar-refractivity contribution in [2.75, 3.05) is 26.3 Å². The largest absolute Gasteiger partial charge is 0.379 e. The number of hydrogen-bond donors (Lipinski definition) is 0. The zero-order valence-corrected chi connectivity index (χ0v) is 12.6. The van der Waals surface area contributed by atoms with Crippen LogP contribution in [0, 0.1) is 10.8 Å². The first-order valence-electron chi connectivity index (χ1n) is 7.34. The number of benzene rings is 1. The van der Waals surface area contributed by atoms with Crippen molar-refractivity contribution in [2.24, 2.45) is 10.8 Å². The highest BCUT2D eigenvalue weighted by Crippen LogP contribution is 2.44. The maximum atomic E-state index is 12.7. The van der Waals surface area contributed by atoms with Crippen molar-refractivity contribution < 1.29 is 9.53 Å². The lowest BCUT2D eigenvalue weighted by atomic mass is 9.78. The van der Waals surface area contributed by atoms with Crippen molar-refractivity contribution in [3.63, 3.8) is 0 Å². The third-order valence-electron chi connectivity index (χ3n) is 4.79. The zero-order chi connectivity index (χ0) is 14.4. The number of nitrogens with zero attached hydrogens (tertiary/aromatic N) is 1. The SMILES string of the molecule is CC1(C(=O)N2CC(c3ccccc3)C(C)(C)C2)COC1. The zero-order valence-electron chi connectivity index (χ0n) is 12.6. The summed E-state index contributed by atoms with van der Waals surface area (Å²) in [6.45, 7) is 9.33. The summed E-state index contributed by atoms with van der Waals surface area (Å²) in [5, 5.41) is 0. The van der Waals surface area contributed by atoms with Gasteiger partial charge in [0.05, 0.1) is 18.6 Å². The van der Waals surface area contributed by atoms with Gasteiger partial charge < -0.3 is 9.64 Å². The van der Waals surface area contributed by atoms with E-state index in [0.29, 0.717) is 19.1 Å². The smallest absolute Gasteiger partial charge is 0.233 e. The molecule has 20 heavy (non-hydrogen) atoms. The molecule has 2 saturated heterocycles. The Morgan fingerprint density at radius 2 is 1.85 bits per heavy atom. The molecule has 3 rings (SSSR count). The molecular formula is C17H23NO2. The molecule has 1 atom stereocenters. The Morgan fingerprint density at radius 1 is 1.20 bits per heavy atom. The molecule has 1 aromatic rings. The van der Waals surface area contributed by atoms with E-state index in [9.17, 15) is 4.79 Å². The summed E-state index contributed by atoms with van der Waals surface area (Å²) in [5.74, 6) is 0.674. The van der Waals surface area contributed by atoms with Gasteiger partial charge in [0.25, 0.3) is 0 Å². The second-order valence-electron chi connectivity index (χ2n) is 7.19. The van der Waals surface area contributed by atoms with Crippen LogP contribution in [0.15, 0.2) is 30.3 Å². The van der Waals surface area contributed by atoms with Gasteiger partial charge in [0.1, 0.15) is 0 Å². The topological polar surface area (TPSA) is 29.5 Å². The first kappa shape index (κ1) is 13.6. The van der Waals surface area contributed by atoms with Crippen LogP contribution in [-0.2, 0) is 9.53 Å². The van der Waals surface area contributed by atoms with Crippen LogP contribution >= 0.6 is 0 Å². The van der Waals surface area contributed by atoms with Gasteiger partial charge in [0.15, 0.2) is 0 Å². The van der Waals surface area contributed by atoms with Crippen molar-refractivity contribution in [3.05, 3.63) is 35.9 Å². The van der Waals surface area contributed by atoms with E-state index in [1.54, 1.807) is 0 Å². The van der Waals surface area contributed by atoms with Crippen LogP contribution in [0.1, 0.15) is 32.3 Å². The number of carbonyl (C=O) groups is 1. The minimum atomic E-state index is -0.290. The third kappa shape index (κ3) is 2.14. The molecule has 1 unspecified atom stereocenters. The highest BCUT2D eigenvalue weighted by Gasteiger charge is 2.49. The van der Waals surface area contributed by atoms with Crippen molar-refractivity contribution in [2.45, 2.75) is 26.7 Å². The van der Waals surface area contributed by atoms with Crippen LogP contribution in [0.5, 0.6) is 0 Å². The second-order valence-corrected chi connectivity index (χ2v) is 7.19. The first-order chi connectivity index (χ1) is 9.42. The molecule has 2 aliphatic rings. The molecule has 2 fully saturated rings. The first-order valence-corrected chi connectivity index (χ1v) is 7.34. The van der Waals surface area contributed by atoms with Gasteiger partial charge in [-0.1, -0.05) is 44.2 Å². The Bertz CT molecular complexity index is 505. The number of hydrogen-bond acceptors (Lipinski definition) is 2. The predicted molar refractivity (Wildman–Crippen MR) is 78.5 cm³/mol. The quantitative estimate of drug-likeness (QED) is 0.829. The predicted octanol–water partition coefficient (Wildman–Crippen LogP) is 2.68. The van der Waals surface area contributed by atoms with Crippen LogP contribution in [0.2, 0.25) is 0 Å². The summed E-state index contributed by atoms with van der Waals surface area (Å²) in [5.41, 5.74) is 1.17. The van der Waals surface area contributed by atoms with E-state index >= 15 is 0 Å². The van der Waals surface area contributed by atoms with Crippen LogP contribution < -0.4 is 0 Å². The highest BCUT2D eigenvalue weighted by molar-refractivity contribution is 5.84. The number of amides is 1. The minimum Gasteiger partial charge on any atom is -0.379 e. The average Bonchev–Trinajstić information content (AvgIpc) is 2.72. The molecule has 2 aliphatic heterocycles. The lowest BCUT2D eigenvalue weighted by Crippen LogP contribution is -2.53. The van der Waals surface area contributed by atoms with Gasteiger partial charge in [-0.2, -0.15) is 0 Å². The Morgan fingerprint density at radius 3 is 2.40 bits per heavy atom. The van der Waals surface area contributed by atoms with Gasteiger partial charge in [0.2, 0.25) is 5.91 Å². The molecule has 0 saturated carbocycles. The maximum Gasteiger partial charge on any atom is 0.233 e. The van der Waals surface area contributed by atoms with E-state index in [4.69, 9.17) is 4.74 Å². The van der Waals surface area contributed by atoms with Crippen molar-refractivity contribution >= 4 is 5.91 Å². The number of ether oxygens (including phenoxy) is 1. The molecule has 3 heteroatoms. The lowest BCUT2D eigenvalue weighted by molar-refractivity contribution is -0.168. The van der Waals surface area contributed by atoms with Gasteiger partial charge >= 0.3 is 0 Å². The van der Waals surface area contributed by atoms with Crippen molar-refractivity contribution in [3.8, 4) is 0 Å². The van der Waals surface area contributed by atoms with E-state index in [-0.39, 0.29) is 16.7 Å². The van der Waals surface area contributed by atoms with Crippen molar-refractivity contribution in [1.29, 1.82) is 0 Å². The Kier molecular flexibility index (Phi) is 3.13. The fraction of sp³-hybridized carbons (Fsp3) is 0.588. The average molecular weight is 273 g/mol. The molecule has 1 aromatic carbocycles.